The van der Waals surface area contributed by atoms with E-state index >= 15 is 0 Å². The molecule has 0 unspecified atom stereocenters. The second kappa shape index (κ2) is 3.96. The zero-order chi connectivity index (χ0) is 11.6. The maximum absolute atomic E-state index is 5.46. The predicted molar refractivity (Wildman–Crippen MR) is 64.5 cm³/mol. The summed E-state index contributed by atoms with van der Waals surface area (Å²) in [6, 6.07) is 0. The molecule has 1 aromatic carbocycles. The molecule has 0 aliphatic rings. The van der Waals surface area contributed by atoms with Crippen LogP contribution in [0.25, 0.3) is 0 Å². The summed E-state index contributed by atoms with van der Waals surface area (Å²) in [4.78, 5) is 0. The Morgan fingerprint density at radius 1 is 0.600 bits per heavy atom. The second-order valence-corrected chi connectivity index (χ2v) is 3.43. The molecular formula is C15H12. The minimum Gasteiger partial charge on any atom is -0.115 e. The SMILES string of the molecule is C#Cc1c(C)c(C#C)c(C)c(C#C)c1C. The molecule has 0 aromatic heterocycles. The summed E-state index contributed by atoms with van der Waals surface area (Å²) in [6.07, 6.45) is 16.4. The molecule has 0 spiro atoms. The lowest BCUT2D eigenvalue weighted by atomic mass is 9.89. The van der Waals surface area contributed by atoms with Crippen LogP contribution >= 0.6 is 0 Å². The number of hydrogen-bond donors (Lipinski definition) is 0. The van der Waals surface area contributed by atoms with Crippen molar-refractivity contribution in [1.82, 2.24) is 0 Å². The van der Waals surface area contributed by atoms with Crippen molar-refractivity contribution in [2.75, 3.05) is 0 Å². The van der Waals surface area contributed by atoms with Gasteiger partial charge in [0.15, 0.2) is 0 Å². The van der Waals surface area contributed by atoms with Crippen molar-refractivity contribution < 1.29 is 0 Å². The fourth-order valence-electron chi connectivity index (χ4n) is 1.87. The summed E-state index contributed by atoms with van der Waals surface area (Å²) in [7, 11) is 0. The average Bonchev–Trinajstić information content (AvgIpc) is 2.19. The highest BCUT2D eigenvalue weighted by molar-refractivity contribution is 5.64. The Balaban J connectivity index is 3.88. The van der Waals surface area contributed by atoms with Crippen molar-refractivity contribution in [3.63, 3.8) is 0 Å². The standard InChI is InChI=1S/C15H12/c1-7-13-10(4)14(8-2)12(6)15(9-3)11(13)5/h1-3H,4-6H3. The van der Waals surface area contributed by atoms with Gasteiger partial charge in [-0.05, 0) is 37.5 Å². The van der Waals surface area contributed by atoms with Crippen molar-refractivity contribution in [3.8, 4) is 37.0 Å². The molecule has 1 rings (SSSR count). The van der Waals surface area contributed by atoms with Crippen molar-refractivity contribution in [3.05, 3.63) is 33.4 Å². The smallest absolute Gasteiger partial charge is 0.0326 e. The largest absolute Gasteiger partial charge is 0.115 e. The molecule has 0 saturated heterocycles. The van der Waals surface area contributed by atoms with E-state index in [1.807, 2.05) is 20.8 Å². The molecule has 1 aromatic rings. The summed E-state index contributed by atoms with van der Waals surface area (Å²) in [5.74, 6) is 7.95. The molecule has 0 nitrogen and oxygen atoms in total. The number of hydrogen-bond acceptors (Lipinski definition) is 0. The summed E-state index contributed by atoms with van der Waals surface area (Å²) < 4.78 is 0. The van der Waals surface area contributed by atoms with Gasteiger partial charge < -0.3 is 0 Å². The molecule has 0 fully saturated rings. The molecule has 72 valence electrons. The third-order valence-corrected chi connectivity index (χ3v) is 2.68. The molecule has 0 aliphatic heterocycles. The summed E-state index contributed by atoms with van der Waals surface area (Å²) >= 11 is 0. The molecule has 0 heterocycles. The van der Waals surface area contributed by atoms with Gasteiger partial charge in [-0.2, -0.15) is 0 Å². The first kappa shape index (κ1) is 11.0. The highest BCUT2D eigenvalue weighted by atomic mass is 14.1. The predicted octanol–water partition coefficient (Wildman–Crippen LogP) is 2.56. The Hall–Kier alpha value is -2.10. The van der Waals surface area contributed by atoms with Gasteiger partial charge in [-0.25, -0.2) is 0 Å². The molecule has 0 saturated carbocycles. The van der Waals surface area contributed by atoms with Gasteiger partial charge in [0.2, 0.25) is 0 Å². The number of benzene rings is 1. The fraction of sp³-hybridized carbons (Fsp3) is 0.200. The lowest BCUT2D eigenvalue weighted by Gasteiger charge is -2.13. The van der Waals surface area contributed by atoms with Crippen molar-refractivity contribution in [2.45, 2.75) is 20.8 Å². The zero-order valence-electron chi connectivity index (χ0n) is 9.23. The van der Waals surface area contributed by atoms with E-state index in [2.05, 4.69) is 17.8 Å². The van der Waals surface area contributed by atoms with Crippen LogP contribution in [0.15, 0.2) is 0 Å². The van der Waals surface area contributed by atoms with Gasteiger partial charge in [0.05, 0.1) is 0 Å². The first-order valence-corrected chi connectivity index (χ1v) is 4.62. The average molecular weight is 192 g/mol. The van der Waals surface area contributed by atoms with Gasteiger partial charge in [0.25, 0.3) is 0 Å². The van der Waals surface area contributed by atoms with Crippen LogP contribution in [0.2, 0.25) is 0 Å². The van der Waals surface area contributed by atoms with Crippen LogP contribution in [-0.4, -0.2) is 0 Å². The van der Waals surface area contributed by atoms with Crippen LogP contribution in [0, 0.1) is 57.8 Å². The van der Waals surface area contributed by atoms with Gasteiger partial charge in [-0.3, -0.25) is 0 Å². The van der Waals surface area contributed by atoms with E-state index < -0.39 is 0 Å². The minimum absolute atomic E-state index is 0.821. The Kier molecular flexibility index (Phi) is 2.90. The van der Waals surface area contributed by atoms with Crippen LogP contribution in [0.5, 0.6) is 0 Å². The maximum atomic E-state index is 5.46. The monoisotopic (exact) mass is 192 g/mol. The van der Waals surface area contributed by atoms with Crippen molar-refractivity contribution in [2.24, 2.45) is 0 Å². The zero-order valence-corrected chi connectivity index (χ0v) is 9.23. The first-order chi connectivity index (χ1) is 7.08. The quantitative estimate of drug-likeness (QED) is 0.554. The molecule has 0 atom stereocenters. The maximum Gasteiger partial charge on any atom is 0.0326 e. The van der Waals surface area contributed by atoms with Gasteiger partial charge in [0, 0.05) is 16.7 Å². The van der Waals surface area contributed by atoms with Crippen LogP contribution in [-0.2, 0) is 0 Å². The van der Waals surface area contributed by atoms with Crippen molar-refractivity contribution >= 4 is 0 Å². The summed E-state index contributed by atoms with van der Waals surface area (Å²) in [6.45, 7) is 5.81. The second-order valence-electron chi connectivity index (χ2n) is 3.43. The highest BCUT2D eigenvalue weighted by Crippen LogP contribution is 2.25. The number of rotatable bonds is 0. The van der Waals surface area contributed by atoms with Gasteiger partial charge in [0.1, 0.15) is 0 Å². The van der Waals surface area contributed by atoms with E-state index in [0.717, 1.165) is 33.4 Å². The lowest BCUT2D eigenvalue weighted by molar-refractivity contribution is 1.25. The molecule has 0 N–H and O–H groups in total. The normalized spacial score (nSPS) is 8.80. The van der Waals surface area contributed by atoms with E-state index in [0.29, 0.717) is 0 Å². The van der Waals surface area contributed by atoms with E-state index in [9.17, 15) is 0 Å². The van der Waals surface area contributed by atoms with E-state index in [4.69, 9.17) is 19.3 Å². The minimum atomic E-state index is 0.821. The Morgan fingerprint density at radius 2 is 0.800 bits per heavy atom. The van der Waals surface area contributed by atoms with Gasteiger partial charge in [-0.1, -0.05) is 17.8 Å². The van der Waals surface area contributed by atoms with Gasteiger partial charge >= 0.3 is 0 Å². The van der Waals surface area contributed by atoms with Crippen LogP contribution in [0.1, 0.15) is 33.4 Å². The summed E-state index contributed by atoms with van der Waals surface area (Å²) in [5, 5.41) is 0. The first-order valence-electron chi connectivity index (χ1n) is 4.62. The molecular weight excluding hydrogens is 180 g/mol. The molecule has 0 radical (unpaired) electrons. The molecule has 0 heteroatoms. The third kappa shape index (κ3) is 1.50. The third-order valence-electron chi connectivity index (χ3n) is 2.68. The fourth-order valence-corrected chi connectivity index (χ4v) is 1.87. The highest BCUT2D eigenvalue weighted by Gasteiger charge is 2.13. The van der Waals surface area contributed by atoms with Gasteiger partial charge in [-0.15, -0.1) is 19.3 Å². The van der Waals surface area contributed by atoms with E-state index in [-0.39, 0.29) is 0 Å². The molecule has 15 heavy (non-hydrogen) atoms. The topological polar surface area (TPSA) is 0 Å². The molecule has 0 amide bonds. The van der Waals surface area contributed by atoms with Crippen LogP contribution in [0.3, 0.4) is 0 Å². The van der Waals surface area contributed by atoms with E-state index in [1.165, 1.54) is 0 Å². The molecule has 0 aliphatic carbocycles. The van der Waals surface area contributed by atoms with Crippen molar-refractivity contribution in [1.29, 1.82) is 0 Å². The lowest BCUT2D eigenvalue weighted by Crippen LogP contribution is -2.01. The Labute approximate surface area is 91.7 Å². The molecule has 0 bridgehead atoms. The Morgan fingerprint density at radius 3 is 0.933 bits per heavy atom. The van der Waals surface area contributed by atoms with E-state index in [1.54, 1.807) is 0 Å². The number of terminal acetylenes is 3. The van der Waals surface area contributed by atoms with Crippen LogP contribution < -0.4 is 0 Å². The summed E-state index contributed by atoms with van der Waals surface area (Å²) in [5.41, 5.74) is 5.36. The van der Waals surface area contributed by atoms with Crippen LogP contribution in [0.4, 0.5) is 0 Å². The Bertz CT molecular complexity index is 435.